The summed E-state index contributed by atoms with van der Waals surface area (Å²) < 4.78 is 9.71. The molecule has 0 aliphatic heterocycles. The fourth-order valence-electron chi connectivity index (χ4n) is 11.1. The Balaban J connectivity index is 1.08. The van der Waals surface area contributed by atoms with Crippen LogP contribution in [0.3, 0.4) is 0 Å². The number of nitrogens with zero attached hydrogens (tertiary/aromatic N) is 4. The molecule has 70 heavy (non-hydrogen) atoms. The van der Waals surface area contributed by atoms with Crippen molar-refractivity contribution >= 4 is 97.6 Å². The molecule has 3 aromatic heterocycles. The van der Waals surface area contributed by atoms with E-state index in [1.54, 1.807) is 0 Å². The van der Waals surface area contributed by atoms with E-state index < -0.39 is 0 Å². The summed E-state index contributed by atoms with van der Waals surface area (Å²) in [6.45, 7) is 0. The highest BCUT2D eigenvalue weighted by Crippen LogP contribution is 2.46. The van der Waals surface area contributed by atoms with E-state index in [-0.39, 0.29) is 0 Å². The van der Waals surface area contributed by atoms with Crippen LogP contribution in [0.5, 0.6) is 0 Å². The minimum Gasteiger partial charge on any atom is -0.455 e. The molecule has 0 bridgehead atoms. The molecule has 0 aliphatic rings. The van der Waals surface area contributed by atoms with Gasteiger partial charge in [0.25, 0.3) is 0 Å². The number of benzene rings is 12. The van der Waals surface area contributed by atoms with Gasteiger partial charge >= 0.3 is 0 Å². The summed E-state index contributed by atoms with van der Waals surface area (Å²) >= 11 is 0. The predicted molar refractivity (Wildman–Crippen MR) is 291 cm³/mol. The molecule has 5 heteroatoms. The second-order valence-electron chi connectivity index (χ2n) is 18.3. The second kappa shape index (κ2) is 15.0. The van der Waals surface area contributed by atoms with Crippen molar-refractivity contribution < 1.29 is 4.42 Å². The Hall–Kier alpha value is -9.45. The summed E-state index contributed by atoms with van der Waals surface area (Å²) in [6.07, 6.45) is 0. The van der Waals surface area contributed by atoms with Crippen molar-refractivity contribution in [2.24, 2.45) is 0 Å². The van der Waals surface area contributed by atoms with Crippen LogP contribution in [0.1, 0.15) is 0 Å². The lowest BCUT2D eigenvalue weighted by molar-refractivity contribution is 0.673. The first-order valence-electron chi connectivity index (χ1n) is 23.7. The maximum atomic E-state index is 7.31. The number of fused-ring (bicyclic) bond motifs is 14. The first-order chi connectivity index (χ1) is 34.7. The first kappa shape index (κ1) is 38.6. The molecule has 324 valence electrons. The van der Waals surface area contributed by atoms with E-state index in [1.807, 2.05) is 6.07 Å². The Morgan fingerprint density at radius 2 is 0.829 bits per heavy atom. The molecule has 5 nitrogen and oxygen atoms in total. The van der Waals surface area contributed by atoms with Crippen molar-refractivity contribution in [1.29, 1.82) is 0 Å². The van der Waals surface area contributed by atoms with Gasteiger partial charge in [0, 0.05) is 38.1 Å². The molecule has 0 amide bonds. The summed E-state index contributed by atoms with van der Waals surface area (Å²) in [5, 5.41) is 16.0. The Morgan fingerprint density at radius 3 is 1.64 bits per heavy atom. The van der Waals surface area contributed by atoms with Gasteiger partial charge in [-0.15, -0.1) is 0 Å². The van der Waals surface area contributed by atoms with E-state index >= 15 is 0 Å². The van der Waals surface area contributed by atoms with Gasteiger partial charge in [0.15, 0.2) is 17.5 Å². The Morgan fingerprint density at radius 1 is 0.286 bits per heavy atom. The minimum absolute atomic E-state index is 0.518. The molecule has 0 aliphatic carbocycles. The molecule has 0 saturated carbocycles. The molecule has 0 N–H and O–H groups in total. The van der Waals surface area contributed by atoms with Gasteiger partial charge in [-0.2, -0.15) is 0 Å². The van der Waals surface area contributed by atoms with Gasteiger partial charge in [0.05, 0.1) is 22.3 Å². The summed E-state index contributed by atoms with van der Waals surface area (Å²) in [7, 11) is 0. The topological polar surface area (TPSA) is 56.7 Å². The van der Waals surface area contributed by atoms with Crippen LogP contribution in [-0.2, 0) is 0 Å². The quantitative estimate of drug-likeness (QED) is 0.162. The molecule has 0 saturated heterocycles. The third kappa shape index (κ3) is 5.88. The first-order valence-corrected chi connectivity index (χ1v) is 23.7. The van der Waals surface area contributed by atoms with E-state index in [0.717, 1.165) is 82.4 Å². The molecule has 0 atom stereocenters. The average molecular weight is 891 g/mol. The monoisotopic (exact) mass is 890 g/mol. The lowest BCUT2D eigenvalue weighted by atomic mass is 10.00. The minimum atomic E-state index is 0.518. The number of hydrogen-bond acceptors (Lipinski definition) is 4. The zero-order valence-electron chi connectivity index (χ0n) is 37.6. The predicted octanol–water partition coefficient (Wildman–Crippen LogP) is 17.3. The number of furan rings is 1. The zero-order chi connectivity index (χ0) is 45.9. The highest BCUT2D eigenvalue weighted by molar-refractivity contribution is 6.24. The van der Waals surface area contributed by atoms with Gasteiger partial charge in [-0.05, 0) is 108 Å². The van der Waals surface area contributed by atoms with Gasteiger partial charge in [0.2, 0.25) is 0 Å². The number of hydrogen-bond donors (Lipinski definition) is 0. The molecule has 0 unspecified atom stereocenters. The second-order valence-corrected chi connectivity index (χ2v) is 18.3. The van der Waals surface area contributed by atoms with Crippen LogP contribution < -0.4 is 0 Å². The smallest absolute Gasteiger partial charge is 0.170 e. The van der Waals surface area contributed by atoms with Gasteiger partial charge in [-0.3, -0.25) is 0 Å². The summed E-state index contributed by atoms with van der Waals surface area (Å²) in [5.74, 6) is 1.66. The van der Waals surface area contributed by atoms with Crippen LogP contribution in [0, 0.1) is 0 Å². The SMILES string of the molecule is c1ccc(-c2cccc(-c3nc(-c4ccc5c(ccc6ccccc65)c4)nc(-c4c(-n5c6cc7ccccc7cc6c6c7ccccc7ccc65)ccc5c4oc4c6ccccc6ccc54)n3)c2)cc1. The van der Waals surface area contributed by atoms with Gasteiger partial charge in [0.1, 0.15) is 11.2 Å². The van der Waals surface area contributed by atoms with Crippen LogP contribution in [0.15, 0.2) is 235 Å². The molecule has 0 fully saturated rings. The standard InChI is InChI=1S/C65H38N4O/c1-2-13-39(14-3-1)43-20-12-21-47(35-43)63-66-64(48-28-30-50-46(36-48)26-25-40-15-6-9-22-49(40)50)68-65(67-63)60-57(34-32-54-53-31-27-42-17-8-11-24-52(42)61(53)70-62(54)60)69-56-33-29-41-16-7-10-23-51(41)59(56)55-37-44-18-4-5-19-45(44)38-58(55)69/h1-38H. The molecular weight excluding hydrogens is 853 g/mol. The van der Waals surface area contributed by atoms with Gasteiger partial charge in [-0.1, -0.05) is 182 Å². The average Bonchev–Trinajstić information content (AvgIpc) is 3.98. The van der Waals surface area contributed by atoms with Crippen LogP contribution >= 0.6 is 0 Å². The van der Waals surface area contributed by atoms with Gasteiger partial charge < -0.3 is 8.98 Å². The van der Waals surface area contributed by atoms with Crippen molar-refractivity contribution in [1.82, 2.24) is 19.5 Å². The molecule has 0 radical (unpaired) electrons. The van der Waals surface area contributed by atoms with Crippen molar-refractivity contribution in [3.8, 4) is 51.0 Å². The van der Waals surface area contributed by atoms with Crippen LogP contribution in [0.25, 0.3) is 149 Å². The molecule has 12 aromatic carbocycles. The van der Waals surface area contributed by atoms with Crippen LogP contribution in [0.2, 0.25) is 0 Å². The Bertz CT molecular complexity index is 4660. The third-order valence-electron chi connectivity index (χ3n) is 14.4. The number of rotatable bonds is 5. The molecule has 15 aromatic rings. The lowest BCUT2D eigenvalue weighted by Gasteiger charge is -2.16. The van der Waals surface area contributed by atoms with Crippen LogP contribution in [-0.4, -0.2) is 19.5 Å². The molecule has 15 rings (SSSR count). The summed E-state index contributed by atoms with van der Waals surface area (Å²) in [4.78, 5) is 16.5. The van der Waals surface area contributed by atoms with E-state index in [9.17, 15) is 0 Å². The molecule has 3 heterocycles. The highest BCUT2D eigenvalue weighted by atomic mass is 16.3. The highest BCUT2D eigenvalue weighted by Gasteiger charge is 2.26. The molecule has 0 spiro atoms. The molecular formula is C65H38N4O. The van der Waals surface area contributed by atoms with E-state index in [1.165, 1.54) is 43.1 Å². The number of aromatic nitrogens is 4. The van der Waals surface area contributed by atoms with Crippen molar-refractivity contribution in [2.75, 3.05) is 0 Å². The van der Waals surface area contributed by atoms with Crippen molar-refractivity contribution in [3.63, 3.8) is 0 Å². The van der Waals surface area contributed by atoms with Gasteiger partial charge in [-0.25, -0.2) is 15.0 Å². The van der Waals surface area contributed by atoms with Crippen molar-refractivity contribution in [3.05, 3.63) is 231 Å². The van der Waals surface area contributed by atoms with Crippen LogP contribution in [0.4, 0.5) is 0 Å². The zero-order valence-corrected chi connectivity index (χ0v) is 37.6. The van der Waals surface area contributed by atoms with E-state index in [2.05, 4.69) is 229 Å². The maximum Gasteiger partial charge on any atom is 0.170 e. The lowest BCUT2D eigenvalue weighted by Crippen LogP contribution is -2.04. The van der Waals surface area contributed by atoms with E-state index in [4.69, 9.17) is 19.4 Å². The summed E-state index contributed by atoms with van der Waals surface area (Å²) in [5.41, 5.74) is 9.38. The summed E-state index contributed by atoms with van der Waals surface area (Å²) in [6, 6.07) is 82.2. The maximum absolute atomic E-state index is 7.31. The normalized spacial score (nSPS) is 12.0. The fourth-order valence-corrected chi connectivity index (χ4v) is 11.1. The fraction of sp³-hybridized carbons (Fsp3) is 0. The van der Waals surface area contributed by atoms with E-state index in [0.29, 0.717) is 23.1 Å². The van der Waals surface area contributed by atoms with Crippen molar-refractivity contribution in [2.45, 2.75) is 0 Å². The Labute approximate surface area is 401 Å². The third-order valence-corrected chi connectivity index (χ3v) is 14.4. The Kier molecular flexibility index (Phi) is 8.29. The largest absolute Gasteiger partial charge is 0.455 e.